The lowest BCUT2D eigenvalue weighted by atomic mass is 9.95. The summed E-state index contributed by atoms with van der Waals surface area (Å²) in [6.45, 7) is 3.70. The Bertz CT molecular complexity index is 888. The van der Waals surface area contributed by atoms with Crippen LogP contribution in [0.15, 0.2) is 24.4 Å². The van der Waals surface area contributed by atoms with Crippen molar-refractivity contribution >= 4 is 11.6 Å². The first-order chi connectivity index (χ1) is 14.7. The number of aryl methyl sites for hydroxylation is 1. The van der Waals surface area contributed by atoms with E-state index in [-0.39, 0.29) is 37.3 Å². The average molecular weight is 439 g/mol. The molecular weight excluding hydrogens is 411 g/mol. The van der Waals surface area contributed by atoms with Gasteiger partial charge in [0, 0.05) is 30.8 Å². The van der Waals surface area contributed by atoms with Crippen LogP contribution < -0.4 is 14.8 Å². The Labute approximate surface area is 180 Å². The molecule has 2 aromatic rings. The van der Waals surface area contributed by atoms with Gasteiger partial charge in [-0.1, -0.05) is 13.3 Å². The van der Waals surface area contributed by atoms with E-state index in [1.807, 2.05) is 6.07 Å². The molecular formula is C22H28F3N3O3. The molecule has 1 aromatic heterocycles. The van der Waals surface area contributed by atoms with Crippen LogP contribution in [0.4, 0.5) is 19.0 Å². The summed E-state index contributed by atoms with van der Waals surface area (Å²) in [6, 6.07) is 5.32. The minimum atomic E-state index is -4.32. The van der Waals surface area contributed by atoms with E-state index in [9.17, 15) is 18.0 Å². The van der Waals surface area contributed by atoms with Crippen LogP contribution >= 0.6 is 0 Å². The summed E-state index contributed by atoms with van der Waals surface area (Å²) < 4.78 is 50.0. The molecule has 0 saturated heterocycles. The predicted octanol–water partition coefficient (Wildman–Crippen LogP) is 5.36. The van der Waals surface area contributed by atoms with Crippen LogP contribution in [-0.2, 0) is 6.54 Å². The van der Waals surface area contributed by atoms with Crippen molar-refractivity contribution in [2.75, 3.05) is 19.5 Å². The molecule has 0 bridgehead atoms. The van der Waals surface area contributed by atoms with Gasteiger partial charge in [0.15, 0.2) is 11.6 Å². The standard InChI is InChI=1S/C22H28F3N3O3/c1-5-6-16(22(23,24)25)8-10-18(29)20-21(28-14(2)12-26-20)27-13-15-7-9-17(30-3)11-19(15)31-4/h7,9,11-12,16H,5-6,8,10,13H2,1-4H3,(H,27,28)/t16-/m1/s1. The summed E-state index contributed by atoms with van der Waals surface area (Å²) in [4.78, 5) is 21.1. The summed E-state index contributed by atoms with van der Waals surface area (Å²) in [6.07, 6.45) is -3.00. The molecule has 2 rings (SSSR count). The number of hydrogen-bond acceptors (Lipinski definition) is 6. The van der Waals surface area contributed by atoms with Gasteiger partial charge >= 0.3 is 6.18 Å². The highest BCUT2D eigenvalue weighted by molar-refractivity contribution is 5.98. The van der Waals surface area contributed by atoms with Crippen molar-refractivity contribution < 1.29 is 27.4 Å². The van der Waals surface area contributed by atoms with Crippen molar-refractivity contribution in [3.63, 3.8) is 0 Å². The van der Waals surface area contributed by atoms with E-state index < -0.39 is 17.9 Å². The van der Waals surface area contributed by atoms with E-state index in [0.29, 0.717) is 23.6 Å². The number of anilines is 1. The fraction of sp³-hybridized carbons (Fsp3) is 0.500. The lowest BCUT2D eigenvalue weighted by Crippen LogP contribution is -2.24. The fourth-order valence-corrected chi connectivity index (χ4v) is 3.23. The third-order valence-corrected chi connectivity index (χ3v) is 4.92. The molecule has 0 radical (unpaired) electrons. The van der Waals surface area contributed by atoms with E-state index >= 15 is 0 Å². The zero-order valence-corrected chi connectivity index (χ0v) is 18.2. The highest BCUT2D eigenvalue weighted by Gasteiger charge is 2.38. The molecule has 9 heteroatoms. The number of carbonyl (C=O) groups is 1. The van der Waals surface area contributed by atoms with Gasteiger partial charge in [-0.25, -0.2) is 9.97 Å². The second-order valence-electron chi connectivity index (χ2n) is 7.23. The number of nitrogens with zero attached hydrogens (tertiary/aromatic N) is 2. The minimum absolute atomic E-state index is 0.00126. The van der Waals surface area contributed by atoms with Gasteiger partial charge in [-0.2, -0.15) is 13.2 Å². The number of halogens is 3. The van der Waals surface area contributed by atoms with Crippen LogP contribution in [0.3, 0.4) is 0 Å². The molecule has 0 saturated carbocycles. The molecule has 0 aliphatic rings. The number of alkyl halides is 3. The summed E-state index contributed by atoms with van der Waals surface area (Å²) in [7, 11) is 3.09. The number of ketones is 1. The monoisotopic (exact) mass is 439 g/mol. The Morgan fingerprint density at radius 2 is 1.94 bits per heavy atom. The maximum absolute atomic E-state index is 13.2. The summed E-state index contributed by atoms with van der Waals surface area (Å²) in [5.74, 6) is -0.505. The highest BCUT2D eigenvalue weighted by atomic mass is 19.4. The first-order valence-corrected chi connectivity index (χ1v) is 10.1. The lowest BCUT2D eigenvalue weighted by Gasteiger charge is -2.19. The van der Waals surface area contributed by atoms with E-state index in [1.165, 1.54) is 13.3 Å². The van der Waals surface area contributed by atoms with E-state index in [1.54, 1.807) is 33.1 Å². The first kappa shape index (κ1) is 24.4. The number of ether oxygens (including phenoxy) is 2. The molecule has 0 fully saturated rings. The van der Waals surface area contributed by atoms with Gasteiger partial charge in [-0.05, 0) is 31.9 Å². The molecule has 1 N–H and O–H groups in total. The van der Waals surface area contributed by atoms with Crippen LogP contribution in [0.2, 0.25) is 0 Å². The molecule has 0 amide bonds. The molecule has 0 aliphatic heterocycles. The van der Waals surface area contributed by atoms with Crippen molar-refractivity contribution in [2.45, 2.75) is 52.3 Å². The number of nitrogens with one attached hydrogen (secondary N) is 1. The minimum Gasteiger partial charge on any atom is -0.497 e. The molecule has 31 heavy (non-hydrogen) atoms. The van der Waals surface area contributed by atoms with Crippen molar-refractivity contribution in [3.8, 4) is 11.5 Å². The normalized spacial score (nSPS) is 12.4. The first-order valence-electron chi connectivity index (χ1n) is 10.1. The van der Waals surface area contributed by atoms with Crippen molar-refractivity contribution in [2.24, 2.45) is 5.92 Å². The predicted molar refractivity (Wildman–Crippen MR) is 112 cm³/mol. The zero-order chi connectivity index (χ0) is 23.0. The second kappa shape index (κ2) is 11.0. The summed E-state index contributed by atoms with van der Waals surface area (Å²) >= 11 is 0. The third-order valence-electron chi connectivity index (χ3n) is 4.92. The maximum Gasteiger partial charge on any atom is 0.391 e. The van der Waals surface area contributed by atoms with Crippen molar-refractivity contribution in [3.05, 3.63) is 41.3 Å². The molecule has 1 atom stereocenters. The van der Waals surface area contributed by atoms with Gasteiger partial charge in [0.2, 0.25) is 0 Å². The zero-order valence-electron chi connectivity index (χ0n) is 18.2. The van der Waals surface area contributed by atoms with Gasteiger partial charge in [0.1, 0.15) is 17.2 Å². The molecule has 1 aromatic carbocycles. The molecule has 0 unspecified atom stereocenters. The van der Waals surface area contributed by atoms with Crippen molar-refractivity contribution in [1.29, 1.82) is 0 Å². The number of carbonyl (C=O) groups excluding carboxylic acids is 1. The molecule has 170 valence electrons. The Morgan fingerprint density at radius 1 is 1.19 bits per heavy atom. The Morgan fingerprint density at radius 3 is 2.55 bits per heavy atom. The van der Waals surface area contributed by atoms with E-state index in [0.717, 1.165) is 5.56 Å². The van der Waals surface area contributed by atoms with Gasteiger partial charge < -0.3 is 14.8 Å². The van der Waals surface area contributed by atoms with Gasteiger partial charge in [0.05, 0.1) is 25.8 Å². The fourth-order valence-electron chi connectivity index (χ4n) is 3.23. The smallest absolute Gasteiger partial charge is 0.391 e. The summed E-state index contributed by atoms with van der Waals surface area (Å²) in [5, 5.41) is 3.07. The van der Waals surface area contributed by atoms with Gasteiger partial charge in [-0.3, -0.25) is 4.79 Å². The van der Waals surface area contributed by atoms with Crippen molar-refractivity contribution in [1.82, 2.24) is 9.97 Å². The van der Waals surface area contributed by atoms with Crippen LogP contribution in [0.5, 0.6) is 11.5 Å². The van der Waals surface area contributed by atoms with Crippen LogP contribution in [0.25, 0.3) is 0 Å². The van der Waals surface area contributed by atoms with Crippen LogP contribution in [0, 0.1) is 12.8 Å². The van der Waals surface area contributed by atoms with E-state index in [4.69, 9.17) is 9.47 Å². The highest BCUT2D eigenvalue weighted by Crippen LogP contribution is 2.34. The Hall–Kier alpha value is -2.84. The number of Topliss-reactive ketones (excluding diaryl/α,β-unsaturated/α-hetero) is 1. The topological polar surface area (TPSA) is 73.3 Å². The largest absolute Gasteiger partial charge is 0.497 e. The van der Waals surface area contributed by atoms with Gasteiger partial charge in [0.25, 0.3) is 0 Å². The SMILES string of the molecule is CCC[C@H](CCC(=O)c1ncc(C)nc1NCc1ccc(OC)cc1OC)C(F)(F)F. The quantitative estimate of drug-likeness (QED) is 0.476. The number of aromatic nitrogens is 2. The number of benzene rings is 1. The Kier molecular flexibility index (Phi) is 8.65. The van der Waals surface area contributed by atoms with Crippen LogP contribution in [-0.4, -0.2) is 36.1 Å². The lowest BCUT2D eigenvalue weighted by molar-refractivity contribution is -0.177. The maximum atomic E-state index is 13.2. The summed E-state index contributed by atoms with van der Waals surface area (Å²) in [5.41, 5.74) is 1.42. The van der Waals surface area contributed by atoms with Gasteiger partial charge in [-0.15, -0.1) is 0 Å². The molecule has 1 heterocycles. The molecule has 6 nitrogen and oxygen atoms in total. The van der Waals surface area contributed by atoms with Crippen LogP contribution in [0.1, 0.15) is 54.4 Å². The van der Waals surface area contributed by atoms with E-state index in [2.05, 4.69) is 15.3 Å². The third kappa shape index (κ3) is 6.83. The number of rotatable bonds is 11. The Balaban J connectivity index is 2.16. The molecule has 0 spiro atoms. The number of methoxy groups -OCH3 is 2. The average Bonchev–Trinajstić information content (AvgIpc) is 2.74. The number of hydrogen-bond donors (Lipinski definition) is 1. The second-order valence-corrected chi connectivity index (χ2v) is 7.23. The molecule has 0 aliphatic carbocycles.